The highest BCUT2D eigenvalue weighted by Crippen LogP contribution is 2.24. The van der Waals surface area contributed by atoms with E-state index >= 15 is 0 Å². The second kappa shape index (κ2) is 4.79. The highest BCUT2D eigenvalue weighted by atomic mass is 16.7. The lowest BCUT2D eigenvalue weighted by Crippen LogP contribution is -2.31. The summed E-state index contributed by atoms with van der Waals surface area (Å²) in [6.07, 6.45) is -1.30. The summed E-state index contributed by atoms with van der Waals surface area (Å²) in [6.45, 7) is 1.76. The van der Waals surface area contributed by atoms with Gasteiger partial charge in [0.15, 0.2) is 0 Å². The summed E-state index contributed by atoms with van der Waals surface area (Å²) in [5.74, 6) is 0. The first-order valence-electron chi connectivity index (χ1n) is 4.55. The fourth-order valence-corrected chi connectivity index (χ4v) is 1.25. The van der Waals surface area contributed by atoms with E-state index in [9.17, 15) is 4.79 Å². The first-order valence-corrected chi connectivity index (χ1v) is 4.55. The van der Waals surface area contributed by atoms with Gasteiger partial charge in [-0.1, -0.05) is 30.3 Å². The molecular weight excluding hydrogens is 196 g/mol. The van der Waals surface area contributed by atoms with Crippen molar-refractivity contribution in [3.63, 3.8) is 0 Å². The lowest BCUT2D eigenvalue weighted by Gasteiger charge is -2.27. The van der Waals surface area contributed by atoms with E-state index in [4.69, 9.17) is 9.84 Å². The molecule has 4 heteroatoms. The van der Waals surface area contributed by atoms with Crippen LogP contribution >= 0.6 is 0 Å². The third-order valence-corrected chi connectivity index (χ3v) is 2.31. The molecule has 0 aliphatic rings. The van der Waals surface area contributed by atoms with Crippen molar-refractivity contribution in [3.05, 3.63) is 35.9 Å². The van der Waals surface area contributed by atoms with Gasteiger partial charge in [0.2, 0.25) is 0 Å². The van der Waals surface area contributed by atoms with Gasteiger partial charge in [0, 0.05) is 7.11 Å². The minimum atomic E-state index is -1.30. The molecular formula is C11H14O4. The van der Waals surface area contributed by atoms with Crippen LogP contribution in [0.5, 0.6) is 0 Å². The molecule has 1 rings (SSSR count). The van der Waals surface area contributed by atoms with Crippen molar-refractivity contribution >= 4 is 6.16 Å². The van der Waals surface area contributed by atoms with E-state index in [1.54, 1.807) is 6.92 Å². The van der Waals surface area contributed by atoms with Gasteiger partial charge in [0.25, 0.3) is 0 Å². The number of hydrogen-bond acceptors (Lipinski definition) is 3. The standard InChI is InChI=1S/C11H14O4/c1-11(14-2,8-15-10(12)13)9-6-4-3-5-7-9/h3-7H,8H2,1-2H3,(H,12,13). The Morgan fingerprint density at radius 3 is 2.47 bits per heavy atom. The Balaban J connectivity index is 2.80. The molecule has 1 aromatic carbocycles. The maximum absolute atomic E-state index is 10.3. The van der Waals surface area contributed by atoms with E-state index in [1.807, 2.05) is 30.3 Å². The van der Waals surface area contributed by atoms with E-state index in [0.29, 0.717) is 0 Å². The summed E-state index contributed by atoms with van der Waals surface area (Å²) in [6, 6.07) is 9.36. The van der Waals surface area contributed by atoms with Crippen LogP contribution < -0.4 is 0 Å². The molecule has 1 unspecified atom stereocenters. The fraction of sp³-hybridized carbons (Fsp3) is 0.364. The number of hydrogen-bond donors (Lipinski definition) is 1. The molecule has 0 bridgehead atoms. The van der Waals surface area contributed by atoms with Gasteiger partial charge < -0.3 is 14.6 Å². The SMILES string of the molecule is COC(C)(COC(=O)O)c1ccccc1. The predicted octanol–water partition coefficient (Wildman–Crippen LogP) is 2.24. The fourth-order valence-electron chi connectivity index (χ4n) is 1.25. The van der Waals surface area contributed by atoms with Gasteiger partial charge in [-0.05, 0) is 12.5 Å². The second-order valence-electron chi connectivity index (χ2n) is 3.36. The largest absolute Gasteiger partial charge is 0.505 e. The lowest BCUT2D eigenvalue weighted by atomic mass is 9.97. The Bertz CT molecular complexity index is 323. The zero-order valence-electron chi connectivity index (χ0n) is 8.77. The Hall–Kier alpha value is -1.55. The van der Waals surface area contributed by atoms with Gasteiger partial charge >= 0.3 is 6.16 Å². The molecule has 1 aromatic rings. The lowest BCUT2D eigenvalue weighted by molar-refractivity contribution is -0.0557. The Morgan fingerprint density at radius 1 is 1.40 bits per heavy atom. The van der Waals surface area contributed by atoms with Crippen LogP contribution in [0.15, 0.2) is 30.3 Å². The Morgan fingerprint density at radius 2 is 2.00 bits per heavy atom. The van der Waals surface area contributed by atoms with E-state index in [-0.39, 0.29) is 6.61 Å². The van der Waals surface area contributed by atoms with Gasteiger partial charge in [-0.3, -0.25) is 0 Å². The summed E-state index contributed by atoms with van der Waals surface area (Å²) in [4.78, 5) is 10.3. The molecule has 1 N–H and O–H groups in total. The van der Waals surface area contributed by atoms with Crippen LogP contribution in [-0.4, -0.2) is 25.0 Å². The van der Waals surface area contributed by atoms with Crippen molar-refractivity contribution in [2.75, 3.05) is 13.7 Å². The van der Waals surface area contributed by atoms with Crippen LogP contribution in [0.3, 0.4) is 0 Å². The van der Waals surface area contributed by atoms with Crippen molar-refractivity contribution in [3.8, 4) is 0 Å². The van der Waals surface area contributed by atoms with E-state index < -0.39 is 11.8 Å². The molecule has 0 spiro atoms. The molecule has 0 aliphatic heterocycles. The topological polar surface area (TPSA) is 55.8 Å². The Labute approximate surface area is 88.4 Å². The van der Waals surface area contributed by atoms with Gasteiger partial charge in [0.1, 0.15) is 12.2 Å². The van der Waals surface area contributed by atoms with Gasteiger partial charge in [-0.25, -0.2) is 4.79 Å². The normalized spacial score (nSPS) is 14.3. The molecule has 82 valence electrons. The monoisotopic (exact) mass is 210 g/mol. The highest BCUT2D eigenvalue weighted by Gasteiger charge is 2.27. The van der Waals surface area contributed by atoms with Crippen molar-refractivity contribution in [2.45, 2.75) is 12.5 Å². The van der Waals surface area contributed by atoms with Crippen molar-refractivity contribution in [1.82, 2.24) is 0 Å². The van der Waals surface area contributed by atoms with Gasteiger partial charge in [0.05, 0.1) is 0 Å². The maximum Gasteiger partial charge on any atom is 0.505 e. The molecule has 0 amide bonds. The Kier molecular flexibility index (Phi) is 3.68. The number of ether oxygens (including phenoxy) is 2. The first-order chi connectivity index (χ1) is 7.08. The minimum absolute atomic E-state index is 0.0250. The summed E-state index contributed by atoms with van der Waals surface area (Å²) in [5.41, 5.74) is 0.147. The second-order valence-corrected chi connectivity index (χ2v) is 3.36. The van der Waals surface area contributed by atoms with Crippen LogP contribution in [0.2, 0.25) is 0 Å². The molecule has 1 atom stereocenters. The number of carboxylic acid groups (broad SMARTS) is 1. The summed E-state index contributed by atoms with van der Waals surface area (Å²) in [7, 11) is 1.53. The molecule has 15 heavy (non-hydrogen) atoms. The number of benzene rings is 1. The van der Waals surface area contributed by atoms with Crippen LogP contribution in [-0.2, 0) is 15.1 Å². The molecule has 0 aromatic heterocycles. The minimum Gasteiger partial charge on any atom is -0.450 e. The summed E-state index contributed by atoms with van der Waals surface area (Å²) < 4.78 is 9.83. The highest BCUT2D eigenvalue weighted by molar-refractivity contribution is 5.56. The number of methoxy groups -OCH3 is 1. The van der Waals surface area contributed by atoms with E-state index in [0.717, 1.165) is 5.56 Å². The zero-order valence-corrected chi connectivity index (χ0v) is 8.77. The summed E-state index contributed by atoms with van der Waals surface area (Å²) >= 11 is 0. The quantitative estimate of drug-likeness (QED) is 0.774. The average molecular weight is 210 g/mol. The van der Waals surface area contributed by atoms with Crippen LogP contribution in [0, 0.1) is 0 Å². The van der Waals surface area contributed by atoms with Crippen LogP contribution in [0.4, 0.5) is 4.79 Å². The number of carbonyl (C=O) groups is 1. The average Bonchev–Trinajstić information content (AvgIpc) is 2.27. The molecule has 4 nitrogen and oxygen atoms in total. The molecule has 0 heterocycles. The molecule has 0 radical (unpaired) electrons. The van der Waals surface area contributed by atoms with Crippen molar-refractivity contribution in [1.29, 1.82) is 0 Å². The van der Waals surface area contributed by atoms with Gasteiger partial charge in [-0.2, -0.15) is 0 Å². The van der Waals surface area contributed by atoms with Crippen molar-refractivity contribution < 1.29 is 19.4 Å². The first kappa shape index (κ1) is 11.5. The third-order valence-electron chi connectivity index (χ3n) is 2.31. The van der Waals surface area contributed by atoms with Crippen molar-refractivity contribution in [2.24, 2.45) is 0 Å². The van der Waals surface area contributed by atoms with E-state index in [1.165, 1.54) is 7.11 Å². The van der Waals surface area contributed by atoms with Crippen LogP contribution in [0.1, 0.15) is 12.5 Å². The molecule has 0 saturated heterocycles. The molecule has 0 fully saturated rings. The van der Waals surface area contributed by atoms with Crippen LogP contribution in [0.25, 0.3) is 0 Å². The van der Waals surface area contributed by atoms with E-state index in [2.05, 4.69) is 4.74 Å². The number of rotatable bonds is 4. The predicted molar refractivity (Wildman–Crippen MR) is 54.8 cm³/mol. The molecule has 0 saturated carbocycles. The molecule has 0 aliphatic carbocycles. The smallest absolute Gasteiger partial charge is 0.450 e. The zero-order chi connectivity index (χ0) is 11.3. The third kappa shape index (κ3) is 2.95. The summed E-state index contributed by atoms with van der Waals surface area (Å²) in [5, 5.41) is 8.44. The maximum atomic E-state index is 10.3. The van der Waals surface area contributed by atoms with Gasteiger partial charge in [-0.15, -0.1) is 0 Å².